The molecule has 0 atom stereocenters. The summed E-state index contributed by atoms with van der Waals surface area (Å²) in [5.41, 5.74) is 1.92. The number of hydrogen-bond acceptors (Lipinski definition) is 4. The van der Waals surface area contributed by atoms with E-state index in [-0.39, 0.29) is 11.7 Å². The molecule has 5 heteroatoms. The third-order valence-corrected chi connectivity index (χ3v) is 5.57. The molecule has 1 aliphatic heterocycles. The molecule has 0 saturated carbocycles. The SMILES string of the molecule is Cc1ccc(C(=O)CN2CCN(C(=O)CCc3cccs3)CC2)cc1. The summed E-state index contributed by atoms with van der Waals surface area (Å²) in [5, 5.41) is 2.05. The van der Waals surface area contributed by atoms with Crippen LogP contribution in [0, 0.1) is 6.92 Å². The molecule has 1 aromatic carbocycles. The zero-order chi connectivity index (χ0) is 17.6. The van der Waals surface area contributed by atoms with Gasteiger partial charge < -0.3 is 4.90 Å². The Balaban J connectivity index is 1.42. The molecule has 1 fully saturated rings. The van der Waals surface area contributed by atoms with E-state index in [1.165, 1.54) is 4.88 Å². The quantitative estimate of drug-likeness (QED) is 0.747. The van der Waals surface area contributed by atoms with Crippen LogP contribution in [0.2, 0.25) is 0 Å². The average molecular weight is 356 g/mol. The average Bonchev–Trinajstić information content (AvgIpc) is 3.14. The molecule has 1 saturated heterocycles. The number of benzene rings is 1. The summed E-state index contributed by atoms with van der Waals surface area (Å²) in [6, 6.07) is 11.8. The summed E-state index contributed by atoms with van der Waals surface area (Å²) in [4.78, 5) is 30.0. The van der Waals surface area contributed by atoms with Crippen molar-refractivity contribution >= 4 is 23.0 Å². The van der Waals surface area contributed by atoms with Crippen molar-refractivity contribution in [2.45, 2.75) is 19.8 Å². The van der Waals surface area contributed by atoms with E-state index < -0.39 is 0 Å². The summed E-state index contributed by atoms with van der Waals surface area (Å²) in [6.07, 6.45) is 1.39. The van der Waals surface area contributed by atoms with Gasteiger partial charge in [0.25, 0.3) is 0 Å². The second-order valence-corrected chi connectivity index (χ2v) is 7.56. The maximum absolute atomic E-state index is 12.4. The lowest BCUT2D eigenvalue weighted by atomic mass is 10.1. The van der Waals surface area contributed by atoms with E-state index in [0.717, 1.165) is 30.6 Å². The first-order valence-corrected chi connectivity index (χ1v) is 9.62. The largest absolute Gasteiger partial charge is 0.340 e. The van der Waals surface area contributed by atoms with Gasteiger partial charge in [-0.05, 0) is 24.8 Å². The maximum atomic E-state index is 12.4. The van der Waals surface area contributed by atoms with Gasteiger partial charge in [0, 0.05) is 43.0 Å². The minimum atomic E-state index is 0.150. The Morgan fingerprint density at radius 1 is 1.04 bits per heavy atom. The molecular weight excluding hydrogens is 332 g/mol. The molecule has 1 aromatic heterocycles. The monoisotopic (exact) mass is 356 g/mol. The number of Topliss-reactive ketones (excluding diaryl/α,β-unsaturated/α-hetero) is 1. The number of ketones is 1. The molecule has 0 radical (unpaired) electrons. The van der Waals surface area contributed by atoms with Crippen molar-refractivity contribution in [2.75, 3.05) is 32.7 Å². The van der Waals surface area contributed by atoms with Gasteiger partial charge in [-0.3, -0.25) is 14.5 Å². The van der Waals surface area contributed by atoms with Crippen LogP contribution in [-0.4, -0.2) is 54.2 Å². The number of thiophene rings is 1. The van der Waals surface area contributed by atoms with Crippen molar-refractivity contribution in [3.05, 3.63) is 57.8 Å². The lowest BCUT2D eigenvalue weighted by Gasteiger charge is -2.34. The Labute approximate surface area is 153 Å². The molecule has 0 bridgehead atoms. The Hall–Kier alpha value is -1.98. The summed E-state index contributed by atoms with van der Waals surface area (Å²) in [7, 11) is 0. The van der Waals surface area contributed by atoms with E-state index in [1.807, 2.05) is 47.5 Å². The maximum Gasteiger partial charge on any atom is 0.223 e. The lowest BCUT2D eigenvalue weighted by molar-refractivity contribution is -0.132. The third kappa shape index (κ3) is 5.00. The third-order valence-electron chi connectivity index (χ3n) is 4.63. The Morgan fingerprint density at radius 3 is 2.40 bits per heavy atom. The normalized spacial score (nSPS) is 15.3. The van der Waals surface area contributed by atoms with Gasteiger partial charge in [0.2, 0.25) is 5.91 Å². The molecule has 2 aromatic rings. The molecule has 132 valence electrons. The number of piperazine rings is 1. The standard InChI is InChI=1S/C20H24N2O2S/c1-16-4-6-17(7-5-16)19(23)15-21-10-12-22(13-11-21)20(24)9-8-18-3-2-14-25-18/h2-7,14H,8-13,15H2,1H3. The van der Waals surface area contributed by atoms with E-state index in [9.17, 15) is 9.59 Å². The molecule has 0 spiro atoms. The van der Waals surface area contributed by atoms with Crippen LogP contribution in [0.25, 0.3) is 0 Å². The number of amides is 1. The lowest BCUT2D eigenvalue weighted by Crippen LogP contribution is -2.49. The number of aryl methyl sites for hydroxylation is 2. The molecule has 0 aliphatic carbocycles. The highest BCUT2D eigenvalue weighted by Gasteiger charge is 2.22. The van der Waals surface area contributed by atoms with Gasteiger partial charge in [0.1, 0.15) is 0 Å². The van der Waals surface area contributed by atoms with E-state index in [1.54, 1.807) is 11.3 Å². The zero-order valence-electron chi connectivity index (χ0n) is 14.6. The number of carbonyl (C=O) groups is 2. The van der Waals surface area contributed by atoms with E-state index >= 15 is 0 Å². The van der Waals surface area contributed by atoms with E-state index in [4.69, 9.17) is 0 Å². The van der Waals surface area contributed by atoms with Crippen molar-refractivity contribution in [1.82, 2.24) is 9.80 Å². The Kier molecular flexibility index (Phi) is 6.00. The smallest absolute Gasteiger partial charge is 0.223 e. The van der Waals surface area contributed by atoms with Gasteiger partial charge in [-0.15, -0.1) is 11.3 Å². The highest BCUT2D eigenvalue weighted by Crippen LogP contribution is 2.13. The van der Waals surface area contributed by atoms with Crippen LogP contribution >= 0.6 is 11.3 Å². The summed E-state index contributed by atoms with van der Waals surface area (Å²) < 4.78 is 0. The Morgan fingerprint density at radius 2 is 1.76 bits per heavy atom. The van der Waals surface area contributed by atoms with Gasteiger partial charge in [0.15, 0.2) is 5.78 Å². The van der Waals surface area contributed by atoms with Crippen LogP contribution in [0.4, 0.5) is 0 Å². The van der Waals surface area contributed by atoms with Gasteiger partial charge >= 0.3 is 0 Å². The van der Waals surface area contributed by atoms with Crippen molar-refractivity contribution in [3.8, 4) is 0 Å². The minimum Gasteiger partial charge on any atom is -0.340 e. The van der Waals surface area contributed by atoms with Crippen LogP contribution in [0.3, 0.4) is 0 Å². The first kappa shape index (κ1) is 17.8. The van der Waals surface area contributed by atoms with Gasteiger partial charge in [-0.2, -0.15) is 0 Å². The zero-order valence-corrected chi connectivity index (χ0v) is 15.4. The second kappa shape index (κ2) is 8.41. The second-order valence-electron chi connectivity index (χ2n) is 6.53. The molecule has 1 amide bonds. The van der Waals surface area contributed by atoms with Gasteiger partial charge in [-0.25, -0.2) is 0 Å². The van der Waals surface area contributed by atoms with Crippen LogP contribution in [0.5, 0.6) is 0 Å². The summed E-state index contributed by atoms with van der Waals surface area (Å²) in [6.45, 7) is 5.41. The van der Waals surface area contributed by atoms with Crippen molar-refractivity contribution in [3.63, 3.8) is 0 Å². The highest BCUT2D eigenvalue weighted by molar-refractivity contribution is 7.09. The fraction of sp³-hybridized carbons (Fsp3) is 0.400. The predicted molar refractivity (Wildman–Crippen MR) is 101 cm³/mol. The van der Waals surface area contributed by atoms with Gasteiger partial charge in [0.05, 0.1) is 6.54 Å². The fourth-order valence-corrected chi connectivity index (χ4v) is 3.74. The fourth-order valence-electron chi connectivity index (χ4n) is 3.03. The molecule has 2 heterocycles. The first-order valence-electron chi connectivity index (χ1n) is 8.74. The van der Waals surface area contributed by atoms with Crippen LogP contribution in [0.1, 0.15) is 27.2 Å². The minimum absolute atomic E-state index is 0.150. The summed E-state index contributed by atoms with van der Waals surface area (Å²) in [5.74, 6) is 0.371. The van der Waals surface area contributed by atoms with E-state index in [2.05, 4.69) is 11.0 Å². The molecule has 3 rings (SSSR count). The molecular formula is C20H24N2O2S. The van der Waals surface area contributed by atoms with Crippen molar-refractivity contribution in [1.29, 1.82) is 0 Å². The topological polar surface area (TPSA) is 40.6 Å². The molecule has 0 unspecified atom stereocenters. The van der Waals surface area contributed by atoms with Crippen LogP contribution in [0.15, 0.2) is 41.8 Å². The van der Waals surface area contributed by atoms with Crippen molar-refractivity contribution in [2.24, 2.45) is 0 Å². The number of hydrogen-bond donors (Lipinski definition) is 0. The van der Waals surface area contributed by atoms with Crippen LogP contribution < -0.4 is 0 Å². The highest BCUT2D eigenvalue weighted by atomic mass is 32.1. The van der Waals surface area contributed by atoms with Gasteiger partial charge in [-0.1, -0.05) is 35.9 Å². The first-order chi connectivity index (χ1) is 12.1. The van der Waals surface area contributed by atoms with Crippen molar-refractivity contribution < 1.29 is 9.59 Å². The number of rotatable bonds is 6. The summed E-state index contributed by atoms with van der Waals surface area (Å²) >= 11 is 1.70. The molecule has 1 aliphatic rings. The predicted octanol–water partition coefficient (Wildman–Crippen LogP) is 3.02. The van der Waals surface area contributed by atoms with Crippen LogP contribution in [-0.2, 0) is 11.2 Å². The molecule has 0 N–H and O–H groups in total. The Bertz CT molecular complexity index is 702. The number of nitrogens with zero attached hydrogens (tertiary/aromatic N) is 2. The van der Waals surface area contributed by atoms with E-state index in [0.29, 0.717) is 26.1 Å². The molecule has 4 nitrogen and oxygen atoms in total. The molecule has 25 heavy (non-hydrogen) atoms. The number of carbonyl (C=O) groups excluding carboxylic acids is 2.